The molecule has 0 unspecified atom stereocenters. The zero-order valence-corrected chi connectivity index (χ0v) is 27.6. The molecule has 3 aliphatic heterocycles. The minimum Gasteiger partial charge on any atom is -0.467 e. The van der Waals surface area contributed by atoms with Crippen molar-refractivity contribution in [2.24, 2.45) is 0 Å². The molecule has 3 saturated heterocycles. The van der Waals surface area contributed by atoms with E-state index in [1.165, 1.54) is 16.9 Å². The number of hydrogen-bond acceptors (Lipinski definition) is 8. The number of nitrogens with one attached hydrogen (secondary N) is 2. The Morgan fingerprint density at radius 1 is 0.778 bits per heavy atom. The molecule has 0 bridgehead atoms. The molecule has 1 aromatic rings. The van der Waals surface area contributed by atoms with Gasteiger partial charge in [0.05, 0.1) is 12.6 Å². The Balaban J connectivity index is 1.36. The number of benzene rings is 1. The molecule has 12 nitrogen and oxygen atoms in total. The molecule has 0 radical (unpaired) electrons. The lowest BCUT2D eigenvalue weighted by Crippen LogP contribution is -2.63. The topological polar surface area (TPSA) is 138 Å². The Morgan fingerprint density at radius 2 is 1.29 bits per heavy atom. The van der Waals surface area contributed by atoms with Crippen molar-refractivity contribution < 1.29 is 33.4 Å². The van der Waals surface area contributed by atoms with Crippen LogP contribution in [0.25, 0.3) is 0 Å². The summed E-state index contributed by atoms with van der Waals surface area (Å²) in [5.74, 6) is -1.52. The van der Waals surface area contributed by atoms with Crippen LogP contribution in [0.4, 0.5) is 4.79 Å². The first-order chi connectivity index (χ1) is 21.3. The highest BCUT2D eigenvalue weighted by Gasteiger charge is 2.45. The number of carbonyl (C=O) groups excluding carboxylic acids is 5. The minimum atomic E-state index is -1.27. The van der Waals surface area contributed by atoms with Gasteiger partial charge in [0.15, 0.2) is 0 Å². The zero-order valence-electron chi connectivity index (χ0n) is 26.8. The molecular weight excluding hydrogens is 598 g/mol. The maximum Gasteiger partial charge on any atom is 0.410 e. The number of likely N-dealkylation sites (tertiary alicyclic amines) is 3. The first kappa shape index (κ1) is 34.1. The van der Waals surface area contributed by atoms with E-state index in [0.29, 0.717) is 63.1 Å². The standard InChI is InChI=1S/C32H45N5O7S/c1-31(2,28(41)35-17-11-16-24(35)27(40)43-5)33-25(38)22-14-9-18-36(22)29(45)32(3,4)34-26(39)23-15-10-19-37(23)30(42)44-20-21-12-7-6-8-13-21/h6-8,12-13,22-24H,9-11,14-20H2,1-5H3,(H,33,38)(H,34,39)/t22-,23-,24-/m0/s1. The highest BCUT2D eigenvalue weighted by molar-refractivity contribution is 7.80. The van der Waals surface area contributed by atoms with E-state index in [0.717, 1.165) is 5.56 Å². The van der Waals surface area contributed by atoms with Crippen LogP contribution in [-0.2, 0) is 35.3 Å². The number of esters is 1. The minimum absolute atomic E-state index is 0.116. The van der Waals surface area contributed by atoms with Crippen molar-refractivity contribution in [2.75, 3.05) is 26.7 Å². The fraction of sp³-hybridized carbons (Fsp3) is 0.625. The van der Waals surface area contributed by atoms with E-state index in [4.69, 9.17) is 21.7 Å². The number of rotatable bonds is 9. The summed E-state index contributed by atoms with van der Waals surface area (Å²) >= 11 is 5.85. The fourth-order valence-electron chi connectivity index (χ4n) is 6.34. The van der Waals surface area contributed by atoms with E-state index in [1.807, 2.05) is 30.3 Å². The third-order valence-electron chi connectivity index (χ3n) is 8.74. The molecule has 3 atom stereocenters. The second kappa shape index (κ2) is 14.1. The second-order valence-electron chi connectivity index (χ2n) is 13.0. The molecule has 246 valence electrons. The number of carbonyl (C=O) groups is 5. The van der Waals surface area contributed by atoms with E-state index in [9.17, 15) is 24.0 Å². The number of nitrogens with zero attached hydrogens (tertiary/aromatic N) is 3. The van der Waals surface area contributed by atoms with Crippen molar-refractivity contribution in [1.82, 2.24) is 25.3 Å². The average Bonchev–Trinajstić information content (AvgIpc) is 3.79. The first-order valence-corrected chi connectivity index (χ1v) is 16.0. The summed E-state index contributed by atoms with van der Waals surface area (Å²) in [7, 11) is 1.29. The van der Waals surface area contributed by atoms with Gasteiger partial charge in [-0.15, -0.1) is 0 Å². The lowest BCUT2D eigenvalue weighted by atomic mass is 10.00. The number of methoxy groups -OCH3 is 1. The molecule has 45 heavy (non-hydrogen) atoms. The molecule has 3 fully saturated rings. The van der Waals surface area contributed by atoms with Crippen LogP contribution in [-0.4, -0.2) is 105 Å². The molecule has 0 spiro atoms. The molecule has 13 heteroatoms. The van der Waals surface area contributed by atoms with Crippen LogP contribution in [0.15, 0.2) is 30.3 Å². The number of ether oxygens (including phenoxy) is 2. The smallest absolute Gasteiger partial charge is 0.410 e. The van der Waals surface area contributed by atoms with Gasteiger partial charge in [-0.2, -0.15) is 0 Å². The summed E-state index contributed by atoms with van der Waals surface area (Å²) in [6.45, 7) is 8.27. The summed E-state index contributed by atoms with van der Waals surface area (Å²) in [4.78, 5) is 70.7. The largest absolute Gasteiger partial charge is 0.467 e. The highest BCUT2D eigenvalue weighted by Crippen LogP contribution is 2.27. The first-order valence-electron chi connectivity index (χ1n) is 15.6. The maximum absolute atomic E-state index is 13.6. The van der Waals surface area contributed by atoms with Crippen molar-refractivity contribution in [1.29, 1.82) is 0 Å². The normalized spacial score (nSPS) is 21.8. The lowest BCUT2D eigenvalue weighted by molar-refractivity contribution is -0.153. The Bertz CT molecular complexity index is 1300. The average molecular weight is 644 g/mol. The molecule has 0 saturated carbocycles. The summed E-state index contributed by atoms with van der Waals surface area (Å²) in [5, 5.41) is 5.90. The van der Waals surface area contributed by atoms with Crippen LogP contribution in [0.3, 0.4) is 0 Å². The van der Waals surface area contributed by atoms with Crippen molar-refractivity contribution in [3.8, 4) is 0 Å². The number of amides is 4. The third kappa shape index (κ3) is 7.74. The summed E-state index contributed by atoms with van der Waals surface area (Å²) in [6, 6.07) is 7.35. The van der Waals surface area contributed by atoms with Crippen LogP contribution in [0, 0.1) is 0 Å². The molecule has 0 aromatic heterocycles. The Labute approximate surface area is 270 Å². The van der Waals surface area contributed by atoms with Gasteiger partial charge in [-0.25, -0.2) is 9.59 Å². The summed E-state index contributed by atoms with van der Waals surface area (Å²) in [5.41, 5.74) is -1.42. The van der Waals surface area contributed by atoms with E-state index < -0.39 is 41.3 Å². The number of thiocarbonyl (C=S) groups is 1. The zero-order chi connectivity index (χ0) is 32.9. The van der Waals surface area contributed by atoms with Crippen molar-refractivity contribution in [3.63, 3.8) is 0 Å². The molecule has 4 rings (SSSR count). The fourth-order valence-corrected chi connectivity index (χ4v) is 6.61. The van der Waals surface area contributed by atoms with Gasteiger partial charge in [-0.3, -0.25) is 19.3 Å². The van der Waals surface area contributed by atoms with E-state index >= 15 is 0 Å². The van der Waals surface area contributed by atoms with Crippen molar-refractivity contribution in [3.05, 3.63) is 35.9 Å². The molecule has 4 amide bonds. The predicted octanol–water partition coefficient (Wildman–Crippen LogP) is 2.53. The Hall–Kier alpha value is -3.74. The van der Waals surface area contributed by atoms with Crippen LogP contribution in [0.5, 0.6) is 0 Å². The Kier molecular flexibility index (Phi) is 10.7. The monoisotopic (exact) mass is 643 g/mol. The van der Waals surface area contributed by atoms with E-state index in [-0.39, 0.29) is 24.3 Å². The van der Waals surface area contributed by atoms with Gasteiger partial charge in [-0.1, -0.05) is 42.5 Å². The van der Waals surface area contributed by atoms with Crippen LogP contribution in [0.1, 0.15) is 71.8 Å². The van der Waals surface area contributed by atoms with Crippen LogP contribution in [0.2, 0.25) is 0 Å². The maximum atomic E-state index is 13.6. The molecule has 3 heterocycles. The summed E-state index contributed by atoms with van der Waals surface area (Å²) < 4.78 is 10.4. The van der Waals surface area contributed by atoms with Gasteiger partial charge in [-0.05, 0) is 71.8 Å². The molecule has 2 N–H and O–H groups in total. The third-order valence-corrected chi connectivity index (χ3v) is 9.48. The lowest BCUT2D eigenvalue weighted by Gasteiger charge is -2.38. The van der Waals surface area contributed by atoms with Gasteiger partial charge in [0.1, 0.15) is 35.3 Å². The quantitative estimate of drug-likeness (QED) is 0.307. The van der Waals surface area contributed by atoms with Crippen molar-refractivity contribution >= 4 is 47.0 Å². The van der Waals surface area contributed by atoms with E-state index in [1.54, 1.807) is 32.6 Å². The van der Waals surface area contributed by atoms with Crippen LogP contribution >= 0.6 is 12.2 Å². The van der Waals surface area contributed by atoms with Gasteiger partial charge >= 0.3 is 12.1 Å². The van der Waals surface area contributed by atoms with Gasteiger partial charge in [0.25, 0.3) is 0 Å². The van der Waals surface area contributed by atoms with Gasteiger partial charge in [0.2, 0.25) is 17.7 Å². The molecule has 3 aliphatic rings. The Morgan fingerprint density at radius 3 is 1.89 bits per heavy atom. The SMILES string of the molecule is COC(=O)[C@@H]1CCCN1C(=O)C(C)(C)NC(=O)[C@@H]1CCCN1C(=S)C(C)(C)NC(=O)[C@@H]1CCCN1C(=O)OCc1ccccc1. The van der Waals surface area contributed by atoms with Crippen LogP contribution < -0.4 is 10.6 Å². The molecule has 0 aliphatic carbocycles. The van der Waals surface area contributed by atoms with Gasteiger partial charge < -0.3 is 29.9 Å². The van der Waals surface area contributed by atoms with Crippen molar-refractivity contribution in [2.45, 2.75) is 102 Å². The molecule has 1 aromatic carbocycles. The molecular formula is C32H45N5O7S. The van der Waals surface area contributed by atoms with E-state index in [2.05, 4.69) is 10.6 Å². The predicted molar refractivity (Wildman–Crippen MR) is 170 cm³/mol. The highest BCUT2D eigenvalue weighted by atomic mass is 32.1. The number of hydrogen-bond donors (Lipinski definition) is 2. The van der Waals surface area contributed by atoms with Gasteiger partial charge in [0, 0.05) is 19.6 Å². The summed E-state index contributed by atoms with van der Waals surface area (Å²) in [6.07, 6.45) is 3.05. The second-order valence-corrected chi connectivity index (χ2v) is 13.3.